The van der Waals surface area contributed by atoms with Crippen LogP contribution in [0.5, 0.6) is 0 Å². The van der Waals surface area contributed by atoms with Crippen LogP contribution in [0.4, 0.5) is 0 Å². The lowest BCUT2D eigenvalue weighted by Gasteiger charge is -2.10. The first-order valence-corrected chi connectivity index (χ1v) is 6.41. The van der Waals surface area contributed by atoms with Crippen LogP contribution < -0.4 is 16.8 Å². The van der Waals surface area contributed by atoms with Crippen LogP contribution >= 0.6 is 0 Å². The van der Waals surface area contributed by atoms with Crippen molar-refractivity contribution in [1.29, 1.82) is 0 Å². The van der Waals surface area contributed by atoms with Crippen LogP contribution in [-0.2, 0) is 14.1 Å². The van der Waals surface area contributed by atoms with E-state index in [1.807, 2.05) is 0 Å². The molecule has 8 heteroatoms. The van der Waals surface area contributed by atoms with Crippen molar-refractivity contribution in [3.05, 3.63) is 61.5 Å². The van der Waals surface area contributed by atoms with Crippen LogP contribution in [0, 0.1) is 0 Å². The average Bonchev–Trinajstić information content (AvgIpc) is 2.54. The summed E-state index contributed by atoms with van der Waals surface area (Å²) in [6, 6.07) is 8.49. The van der Waals surface area contributed by atoms with Gasteiger partial charge in [0.25, 0.3) is 5.56 Å². The fourth-order valence-corrected chi connectivity index (χ4v) is 2.27. The minimum atomic E-state index is -0.825. The predicted molar refractivity (Wildman–Crippen MR) is 79.1 cm³/mol. The first-order valence-electron chi connectivity index (χ1n) is 6.41. The van der Waals surface area contributed by atoms with Gasteiger partial charge in [0.1, 0.15) is 5.69 Å². The number of rotatable bonds is 1. The number of fused-ring (bicyclic) bond motifs is 1. The maximum atomic E-state index is 12.3. The van der Waals surface area contributed by atoms with Crippen molar-refractivity contribution >= 4 is 11.2 Å². The van der Waals surface area contributed by atoms with Crippen LogP contribution in [0.25, 0.3) is 22.4 Å². The maximum absolute atomic E-state index is 12.3. The second-order valence-corrected chi connectivity index (χ2v) is 4.82. The number of benzene rings is 1. The van der Waals surface area contributed by atoms with Crippen molar-refractivity contribution in [2.45, 2.75) is 0 Å². The molecule has 2 aromatic heterocycles. The van der Waals surface area contributed by atoms with Gasteiger partial charge in [0, 0.05) is 19.7 Å². The molecule has 3 aromatic rings. The van der Waals surface area contributed by atoms with Gasteiger partial charge in [0.2, 0.25) is 0 Å². The van der Waals surface area contributed by atoms with Crippen LogP contribution in [0.15, 0.2) is 44.7 Å². The summed E-state index contributed by atoms with van der Waals surface area (Å²) >= 11 is 0. The first-order chi connectivity index (χ1) is 10.4. The van der Waals surface area contributed by atoms with Gasteiger partial charge in [0.15, 0.2) is 11.2 Å². The summed E-state index contributed by atoms with van der Waals surface area (Å²) in [5.41, 5.74) is -2.17. The van der Waals surface area contributed by atoms with Gasteiger partial charge in [-0.2, -0.15) is 0 Å². The molecule has 2 heterocycles. The van der Waals surface area contributed by atoms with Gasteiger partial charge < -0.3 is 5.21 Å². The quantitative estimate of drug-likeness (QED) is 0.622. The molecule has 0 aliphatic heterocycles. The van der Waals surface area contributed by atoms with E-state index in [1.165, 1.54) is 14.1 Å². The van der Waals surface area contributed by atoms with Crippen molar-refractivity contribution in [1.82, 2.24) is 18.8 Å². The Hall–Kier alpha value is -3.16. The number of aromatic nitrogens is 4. The number of aryl methyl sites for hydroxylation is 1. The van der Waals surface area contributed by atoms with E-state index in [0.717, 1.165) is 9.13 Å². The highest BCUT2D eigenvalue weighted by atomic mass is 16.5. The first kappa shape index (κ1) is 13.8. The van der Waals surface area contributed by atoms with Crippen molar-refractivity contribution in [2.75, 3.05) is 0 Å². The summed E-state index contributed by atoms with van der Waals surface area (Å²) in [6.07, 6.45) is 0. The van der Waals surface area contributed by atoms with Crippen LogP contribution in [-0.4, -0.2) is 24.1 Å². The lowest BCUT2D eigenvalue weighted by Crippen LogP contribution is -2.40. The average molecular weight is 300 g/mol. The number of hydrogen-bond donors (Lipinski definition) is 1. The summed E-state index contributed by atoms with van der Waals surface area (Å²) in [7, 11) is 2.68. The summed E-state index contributed by atoms with van der Waals surface area (Å²) in [5, 5.41) is 10.1. The molecule has 0 atom stereocenters. The smallest absolute Gasteiger partial charge is 0.332 e. The zero-order valence-corrected chi connectivity index (χ0v) is 11.8. The highest BCUT2D eigenvalue weighted by Crippen LogP contribution is 2.14. The van der Waals surface area contributed by atoms with Crippen molar-refractivity contribution in [2.24, 2.45) is 14.1 Å². The van der Waals surface area contributed by atoms with E-state index in [2.05, 4.69) is 4.98 Å². The van der Waals surface area contributed by atoms with E-state index in [-0.39, 0.29) is 21.6 Å². The Morgan fingerprint density at radius 1 is 0.955 bits per heavy atom. The van der Waals surface area contributed by atoms with Gasteiger partial charge in [0.05, 0.1) is 0 Å². The highest BCUT2D eigenvalue weighted by Gasteiger charge is 2.18. The third kappa shape index (κ3) is 1.77. The van der Waals surface area contributed by atoms with E-state index in [9.17, 15) is 19.6 Å². The minimum Gasteiger partial charge on any atom is -0.424 e. The molecule has 0 fully saturated rings. The SMILES string of the molecule is Cn1c(=O)c2c(nc(-c3ccccc3)c(=O)n2O)n(C)c1=O. The molecule has 0 radical (unpaired) electrons. The van der Waals surface area contributed by atoms with E-state index in [4.69, 9.17) is 0 Å². The van der Waals surface area contributed by atoms with E-state index >= 15 is 0 Å². The summed E-state index contributed by atoms with van der Waals surface area (Å²) in [4.78, 5) is 40.5. The van der Waals surface area contributed by atoms with Gasteiger partial charge in [-0.25, -0.2) is 9.78 Å². The monoisotopic (exact) mass is 300 g/mol. The van der Waals surface area contributed by atoms with Crippen molar-refractivity contribution in [3.8, 4) is 11.3 Å². The second kappa shape index (κ2) is 4.69. The van der Waals surface area contributed by atoms with Crippen LogP contribution in [0.1, 0.15) is 0 Å². The van der Waals surface area contributed by atoms with Crippen molar-refractivity contribution in [3.63, 3.8) is 0 Å². The Bertz CT molecular complexity index is 1060. The molecule has 1 aromatic carbocycles. The molecular weight excluding hydrogens is 288 g/mol. The fraction of sp³-hybridized carbons (Fsp3) is 0.143. The minimum absolute atomic E-state index is 0.0427. The third-order valence-electron chi connectivity index (χ3n) is 3.48. The van der Waals surface area contributed by atoms with Gasteiger partial charge >= 0.3 is 11.2 Å². The van der Waals surface area contributed by atoms with Crippen LogP contribution in [0.3, 0.4) is 0 Å². The molecule has 1 N–H and O–H groups in total. The molecule has 112 valence electrons. The van der Waals surface area contributed by atoms with Gasteiger partial charge in [-0.3, -0.25) is 18.7 Å². The molecule has 0 bridgehead atoms. The Kier molecular flexibility index (Phi) is 2.94. The largest absolute Gasteiger partial charge is 0.424 e. The fourth-order valence-electron chi connectivity index (χ4n) is 2.27. The second-order valence-electron chi connectivity index (χ2n) is 4.82. The summed E-state index contributed by atoms with van der Waals surface area (Å²) < 4.78 is 2.15. The lowest BCUT2D eigenvalue weighted by atomic mass is 10.1. The molecule has 0 aliphatic carbocycles. The van der Waals surface area contributed by atoms with Crippen LogP contribution in [0.2, 0.25) is 0 Å². The Morgan fingerprint density at radius 3 is 2.23 bits per heavy atom. The van der Waals surface area contributed by atoms with Gasteiger partial charge in [-0.15, -0.1) is 4.73 Å². The number of hydrogen-bond acceptors (Lipinski definition) is 5. The zero-order valence-electron chi connectivity index (χ0n) is 11.8. The molecule has 8 nitrogen and oxygen atoms in total. The normalized spacial score (nSPS) is 11.0. The molecule has 0 amide bonds. The third-order valence-corrected chi connectivity index (χ3v) is 3.48. The molecule has 0 saturated carbocycles. The Labute approximate surface area is 123 Å². The lowest BCUT2D eigenvalue weighted by molar-refractivity contribution is 0.187. The Balaban J connectivity index is 2.57. The molecular formula is C14H12N4O4. The molecule has 0 unspecified atom stereocenters. The Morgan fingerprint density at radius 2 is 1.59 bits per heavy atom. The molecule has 3 rings (SSSR count). The van der Waals surface area contributed by atoms with E-state index < -0.39 is 16.8 Å². The summed E-state index contributed by atoms with van der Waals surface area (Å²) in [6.45, 7) is 0. The highest BCUT2D eigenvalue weighted by molar-refractivity contribution is 5.73. The van der Waals surface area contributed by atoms with Gasteiger partial charge in [-0.05, 0) is 0 Å². The summed E-state index contributed by atoms with van der Waals surface area (Å²) in [5.74, 6) is 0. The molecule has 0 saturated heterocycles. The van der Waals surface area contributed by atoms with E-state index in [0.29, 0.717) is 5.56 Å². The topological polar surface area (TPSA) is 99.1 Å². The van der Waals surface area contributed by atoms with E-state index in [1.54, 1.807) is 30.3 Å². The standard InChI is InChI=1S/C14H12N4O4/c1-16-11-10(13(20)17(2)14(16)21)18(22)12(19)9(15-11)8-6-4-3-5-7-8/h3-7,22H,1-2H3. The van der Waals surface area contributed by atoms with Crippen molar-refractivity contribution < 1.29 is 5.21 Å². The molecule has 22 heavy (non-hydrogen) atoms. The predicted octanol–water partition coefficient (Wildman–Crippen LogP) is -0.302. The number of nitrogens with zero attached hydrogens (tertiary/aromatic N) is 4. The molecule has 0 aliphatic rings. The molecule has 0 spiro atoms. The zero-order chi connectivity index (χ0) is 16.0. The van der Waals surface area contributed by atoms with Gasteiger partial charge in [-0.1, -0.05) is 30.3 Å². The maximum Gasteiger partial charge on any atom is 0.332 e.